The van der Waals surface area contributed by atoms with Gasteiger partial charge in [0.15, 0.2) is 0 Å². The number of likely N-dealkylation sites (tertiary alicyclic amines) is 1. The number of nitrogens with one attached hydrogen (secondary N) is 1. The van der Waals surface area contributed by atoms with Gasteiger partial charge in [-0.3, -0.25) is 9.59 Å². The Kier molecular flexibility index (Phi) is 4.98. The van der Waals surface area contributed by atoms with E-state index in [2.05, 4.69) is 10.3 Å². The highest BCUT2D eigenvalue weighted by Crippen LogP contribution is 2.26. The Hall–Kier alpha value is -1.64. The number of piperidine rings is 1. The predicted molar refractivity (Wildman–Crippen MR) is 78.6 cm³/mol. The van der Waals surface area contributed by atoms with E-state index in [4.69, 9.17) is 0 Å². The predicted octanol–water partition coefficient (Wildman–Crippen LogP) is 2.30. The number of alkyl halides is 3. The van der Waals surface area contributed by atoms with Gasteiger partial charge in [-0.2, -0.15) is 13.2 Å². The fourth-order valence-electron chi connectivity index (χ4n) is 2.52. The highest BCUT2D eigenvalue weighted by atomic mass is 32.1. The molecular weight excluding hydrogens is 331 g/mol. The maximum Gasteiger partial charge on any atom is 0.471 e. The number of carbonyl (C=O) groups excluding carboxylic acids is 2. The quantitative estimate of drug-likeness (QED) is 0.911. The second kappa shape index (κ2) is 6.46. The monoisotopic (exact) mass is 349 g/mol. The van der Waals surface area contributed by atoms with Crippen molar-refractivity contribution in [1.82, 2.24) is 15.2 Å². The number of rotatable bonds is 3. The molecule has 0 bridgehead atoms. The highest BCUT2D eigenvalue weighted by Gasteiger charge is 2.44. The van der Waals surface area contributed by atoms with Crippen molar-refractivity contribution in [2.75, 3.05) is 13.1 Å². The number of hydrogen-bond donors (Lipinski definition) is 1. The van der Waals surface area contributed by atoms with E-state index in [1.165, 1.54) is 11.3 Å². The molecule has 1 saturated heterocycles. The molecule has 2 heterocycles. The molecule has 0 radical (unpaired) electrons. The van der Waals surface area contributed by atoms with Crippen molar-refractivity contribution in [2.45, 2.75) is 38.4 Å². The van der Waals surface area contributed by atoms with Crippen LogP contribution in [0.3, 0.4) is 0 Å². The van der Waals surface area contributed by atoms with Crippen LogP contribution < -0.4 is 5.32 Å². The summed E-state index contributed by atoms with van der Waals surface area (Å²) in [5, 5.41) is 5.46. The Morgan fingerprint density at radius 3 is 2.39 bits per heavy atom. The van der Waals surface area contributed by atoms with E-state index in [-0.39, 0.29) is 31.8 Å². The Bertz CT molecular complexity index is 564. The Balaban J connectivity index is 1.90. The van der Waals surface area contributed by atoms with E-state index in [0.29, 0.717) is 0 Å². The van der Waals surface area contributed by atoms with E-state index < -0.39 is 23.5 Å². The fraction of sp³-hybridized carbons (Fsp3) is 0.643. The summed E-state index contributed by atoms with van der Waals surface area (Å²) in [5.74, 6) is -2.45. The molecule has 23 heavy (non-hydrogen) atoms. The molecule has 0 atom stereocenters. The summed E-state index contributed by atoms with van der Waals surface area (Å²) in [4.78, 5) is 28.4. The van der Waals surface area contributed by atoms with E-state index >= 15 is 0 Å². The van der Waals surface area contributed by atoms with Gasteiger partial charge in [-0.05, 0) is 26.7 Å². The van der Waals surface area contributed by atoms with E-state index in [1.54, 1.807) is 6.20 Å². The molecule has 128 valence electrons. The van der Waals surface area contributed by atoms with E-state index in [0.717, 1.165) is 9.91 Å². The van der Waals surface area contributed by atoms with Gasteiger partial charge in [0.05, 0.1) is 5.54 Å². The zero-order chi connectivity index (χ0) is 17.3. The van der Waals surface area contributed by atoms with Crippen molar-refractivity contribution in [3.8, 4) is 0 Å². The molecule has 0 aromatic carbocycles. The molecule has 1 aliphatic heterocycles. The van der Waals surface area contributed by atoms with Gasteiger partial charge >= 0.3 is 12.1 Å². The Morgan fingerprint density at radius 1 is 1.30 bits per heavy atom. The second-order valence-electron chi connectivity index (χ2n) is 6.02. The van der Waals surface area contributed by atoms with Crippen molar-refractivity contribution in [1.29, 1.82) is 0 Å². The smallest absolute Gasteiger partial charge is 0.344 e. The summed E-state index contributed by atoms with van der Waals surface area (Å²) in [6, 6.07) is 0. The number of aromatic nitrogens is 1. The minimum Gasteiger partial charge on any atom is -0.344 e. The average molecular weight is 349 g/mol. The molecule has 5 nitrogen and oxygen atoms in total. The first-order valence-electron chi connectivity index (χ1n) is 7.19. The van der Waals surface area contributed by atoms with Gasteiger partial charge in [-0.1, -0.05) is 0 Å². The maximum absolute atomic E-state index is 12.4. The Labute approximate surface area is 135 Å². The van der Waals surface area contributed by atoms with Crippen LogP contribution in [0.2, 0.25) is 0 Å². The van der Waals surface area contributed by atoms with Crippen molar-refractivity contribution in [3.05, 3.63) is 16.6 Å². The molecule has 1 aromatic rings. The first kappa shape index (κ1) is 17.7. The van der Waals surface area contributed by atoms with E-state index in [1.807, 2.05) is 19.2 Å². The number of carbonyl (C=O) groups is 2. The van der Waals surface area contributed by atoms with Gasteiger partial charge in [0.25, 0.3) is 0 Å². The lowest BCUT2D eigenvalue weighted by molar-refractivity contribution is -0.186. The normalized spacial score (nSPS) is 17.2. The summed E-state index contributed by atoms with van der Waals surface area (Å²) in [7, 11) is 0. The van der Waals surface area contributed by atoms with Crippen LogP contribution in [0.5, 0.6) is 0 Å². The van der Waals surface area contributed by atoms with Crippen LogP contribution in [0.25, 0.3) is 0 Å². The minimum atomic E-state index is -4.86. The summed E-state index contributed by atoms with van der Waals surface area (Å²) in [6.45, 7) is 3.53. The number of nitrogens with zero attached hydrogens (tertiary/aromatic N) is 2. The molecule has 2 amide bonds. The molecule has 0 spiro atoms. The lowest BCUT2D eigenvalue weighted by atomic mass is 9.94. The third-order valence-corrected chi connectivity index (χ3v) is 4.89. The molecular formula is C14H18F3N3O2S. The van der Waals surface area contributed by atoms with Crippen LogP contribution in [-0.2, 0) is 15.1 Å². The van der Waals surface area contributed by atoms with Gasteiger partial charge < -0.3 is 10.2 Å². The number of thiazole rings is 1. The fourth-order valence-corrected chi connectivity index (χ4v) is 3.24. The van der Waals surface area contributed by atoms with Crippen LogP contribution in [0.15, 0.2) is 11.6 Å². The van der Waals surface area contributed by atoms with Crippen LogP contribution in [0.4, 0.5) is 13.2 Å². The van der Waals surface area contributed by atoms with Crippen molar-refractivity contribution in [2.24, 2.45) is 5.92 Å². The first-order valence-corrected chi connectivity index (χ1v) is 8.07. The third-order valence-electron chi connectivity index (χ3n) is 3.80. The van der Waals surface area contributed by atoms with Crippen molar-refractivity contribution < 1.29 is 22.8 Å². The lowest BCUT2D eigenvalue weighted by Gasteiger charge is -2.33. The van der Waals surface area contributed by atoms with Gasteiger partial charge in [0, 0.05) is 30.6 Å². The minimum absolute atomic E-state index is 0.0614. The molecule has 0 aliphatic carbocycles. The molecule has 0 saturated carbocycles. The molecule has 9 heteroatoms. The second-order valence-corrected chi connectivity index (χ2v) is 6.91. The maximum atomic E-state index is 12.4. The first-order chi connectivity index (χ1) is 10.6. The molecule has 1 aromatic heterocycles. The zero-order valence-electron chi connectivity index (χ0n) is 12.8. The standard InChI is InChI=1S/C14H18F3N3O2S/c1-13(2,11-18-5-8-23-11)19-10(21)9-3-6-20(7-4-9)12(22)14(15,16)17/h5,8-9H,3-4,6-7H2,1-2H3,(H,19,21). The van der Waals surface area contributed by atoms with Gasteiger partial charge in [0.2, 0.25) is 5.91 Å². The molecule has 2 rings (SSSR count). The summed E-state index contributed by atoms with van der Waals surface area (Å²) in [6.07, 6.45) is -2.76. The summed E-state index contributed by atoms with van der Waals surface area (Å²) < 4.78 is 37.2. The third kappa shape index (κ3) is 4.21. The van der Waals surface area contributed by atoms with Crippen LogP contribution >= 0.6 is 11.3 Å². The topological polar surface area (TPSA) is 62.3 Å². The molecule has 1 fully saturated rings. The van der Waals surface area contributed by atoms with Gasteiger partial charge in [-0.25, -0.2) is 4.98 Å². The van der Waals surface area contributed by atoms with Crippen LogP contribution in [0.1, 0.15) is 31.7 Å². The highest BCUT2D eigenvalue weighted by molar-refractivity contribution is 7.09. The van der Waals surface area contributed by atoms with Crippen LogP contribution in [-0.4, -0.2) is 41.0 Å². The van der Waals surface area contributed by atoms with Crippen molar-refractivity contribution >= 4 is 23.2 Å². The number of amides is 2. The number of halogens is 3. The zero-order valence-corrected chi connectivity index (χ0v) is 13.6. The van der Waals surface area contributed by atoms with Gasteiger partial charge in [-0.15, -0.1) is 11.3 Å². The van der Waals surface area contributed by atoms with Gasteiger partial charge in [0.1, 0.15) is 5.01 Å². The number of hydrogen-bond acceptors (Lipinski definition) is 4. The summed E-state index contributed by atoms with van der Waals surface area (Å²) in [5.41, 5.74) is -0.635. The lowest BCUT2D eigenvalue weighted by Crippen LogP contribution is -2.50. The SMILES string of the molecule is CC(C)(NC(=O)C1CCN(C(=O)C(F)(F)F)CC1)c1nccs1. The Morgan fingerprint density at radius 2 is 1.91 bits per heavy atom. The largest absolute Gasteiger partial charge is 0.471 e. The molecule has 0 unspecified atom stereocenters. The molecule has 1 aliphatic rings. The summed E-state index contributed by atoms with van der Waals surface area (Å²) >= 11 is 1.42. The van der Waals surface area contributed by atoms with Crippen molar-refractivity contribution in [3.63, 3.8) is 0 Å². The van der Waals surface area contributed by atoms with Crippen LogP contribution in [0, 0.1) is 5.92 Å². The average Bonchev–Trinajstić information content (AvgIpc) is 3.00. The molecule has 1 N–H and O–H groups in total. The van der Waals surface area contributed by atoms with E-state index in [9.17, 15) is 22.8 Å².